The van der Waals surface area contributed by atoms with Crippen molar-refractivity contribution in [1.82, 2.24) is 4.98 Å². The van der Waals surface area contributed by atoms with E-state index in [1.807, 2.05) is 25.1 Å². The fraction of sp³-hybridized carbons (Fsp3) is 0.154. The number of phenols is 1. The summed E-state index contributed by atoms with van der Waals surface area (Å²) >= 11 is 0. The Morgan fingerprint density at radius 1 is 1.12 bits per heavy atom. The number of aryl methyl sites for hydroxylation is 1. The Hall–Kier alpha value is -2.03. The molecule has 2 N–H and O–H groups in total. The van der Waals surface area contributed by atoms with Crippen LogP contribution < -0.4 is 5.56 Å². The van der Waals surface area contributed by atoms with Gasteiger partial charge in [-0.05, 0) is 30.2 Å². The minimum Gasteiger partial charge on any atom is -0.508 e. The van der Waals surface area contributed by atoms with Crippen LogP contribution >= 0.6 is 0 Å². The number of hydrogen-bond acceptors (Lipinski definition) is 2. The molecule has 0 amide bonds. The van der Waals surface area contributed by atoms with Gasteiger partial charge in [0, 0.05) is 17.3 Å². The van der Waals surface area contributed by atoms with Crippen molar-refractivity contribution in [2.75, 3.05) is 0 Å². The molecule has 0 bridgehead atoms. The molecule has 0 aliphatic rings. The van der Waals surface area contributed by atoms with Crippen LogP contribution in [0.4, 0.5) is 0 Å². The molecule has 82 valence electrons. The number of hydrogen-bond donors (Lipinski definition) is 2. The molecule has 3 heteroatoms. The average molecular weight is 215 g/mol. The van der Waals surface area contributed by atoms with Crippen LogP contribution in [-0.4, -0.2) is 10.1 Å². The number of phenolic OH excluding ortho intramolecular Hbond substituents is 1. The lowest BCUT2D eigenvalue weighted by atomic mass is 10.0. The van der Waals surface area contributed by atoms with E-state index in [0.717, 1.165) is 23.2 Å². The Kier molecular flexibility index (Phi) is 2.77. The van der Waals surface area contributed by atoms with E-state index in [1.165, 1.54) is 6.07 Å². The highest BCUT2D eigenvalue weighted by Gasteiger charge is 2.04. The molecule has 0 aliphatic heterocycles. The molecule has 0 atom stereocenters. The van der Waals surface area contributed by atoms with E-state index in [0.29, 0.717) is 0 Å². The van der Waals surface area contributed by atoms with E-state index in [2.05, 4.69) is 4.98 Å². The van der Waals surface area contributed by atoms with Gasteiger partial charge in [-0.15, -0.1) is 0 Å². The largest absolute Gasteiger partial charge is 0.508 e. The zero-order valence-corrected chi connectivity index (χ0v) is 9.03. The van der Waals surface area contributed by atoms with Gasteiger partial charge in [0.05, 0.1) is 0 Å². The smallest absolute Gasteiger partial charge is 0.248 e. The van der Waals surface area contributed by atoms with Gasteiger partial charge in [0.25, 0.3) is 0 Å². The zero-order valence-electron chi connectivity index (χ0n) is 9.03. The summed E-state index contributed by atoms with van der Waals surface area (Å²) in [6, 6.07) is 10.3. The fourth-order valence-corrected chi connectivity index (χ4v) is 1.71. The first-order valence-electron chi connectivity index (χ1n) is 5.22. The number of aromatic hydroxyl groups is 1. The maximum absolute atomic E-state index is 11.2. The van der Waals surface area contributed by atoms with Crippen molar-refractivity contribution < 1.29 is 5.11 Å². The molecule has 2 rings (SSSR count). The Labute approximate surface area is 93.4 Å². The van der Waals surface area contributed by atoms with E-state index >= 15 is 0 Å². The molecule has 1 aromatic heterocycles. The zero-order chi connectivity index (χ0) is 11.5. The highest BCUT2D eigenvalue weighted by Crippen LogP contribution is 2.23. The number of H-pyrrole nitrogens is 1. The van der Waals surface area contributed by atoms with Gasteiger partial charge in [0.1, 0.15) is 5.75 Å². The topological polar surface area (TPSA) is 53.1 Å². The van der Waals surface area contributed by atoms with Crippen LogP contribution in [0.25, 0.3) is 11.1 Å². The van der Waals surface area contributed by atoms with E-state index in [9.17, 15) is 9.90 Å². The van der Waals surface area contributed by atoms with Crippen LogP contribution in [0.5, 0.6) is 5.75 Å². The second-order valence-electron chi connectivity index (χ2n) is 3.62. The summed E-state index contributed by atoms with van der Waals surface area (Å²) in [6.45, 7) is 2.00. The van der Waals surface area contributed by atoms with Gasteiger partial charge in [0.2, 0.25) is 5.56 Å². The first-order valence-corrected chi connectivity index (χ1v) is 5.22. The monoisotopic (exact) mass is 215 g/mol. The van der Waals surface area contributed by atoms with Crippen LogP contribution in [0.1, 0.15) is 12.6 Å². The number of pyridine rings is 1. The normalized spacial score (nSPS) is 10.3. The molecule has 0 spiro atoms. The van der Waals surface area contributed by atoms with E-state index in [4.69, 9.17) is 0 Å². The van der Waals surface area contributed by atoms with Crippen molar-refractivity contribution in [2.24, 2.45) is 0 Å². The maximum atomic E-state index is 11.2. The molecule has 0 radical (unpaired) electrons. The van der Waals surface area contributed by atoms with Gasteiger partial charge in [-0.3, -0.25) is 4.79 Å². The third kappa shape index (κ3) is 1.98. The quantitative estimate of drug-likeness (QED) is 0.807. The fourth-order valence-electron chi connectivity index (χ4n) is 1.71. The van der Waals surface area contributed by atoms with Crippen molar-refractivity contribution in [2.45, 2.75) is 13.3 Å². The molecule has 0 fully saturated rings. The molecule has 2 aromatic rings. The van der Waals surface area contributed by atoms with Gasteiger partial charge in [-0.1, -0.05) is 19.1 Å². The molecule has 1 aromatic carbocycles. The number of nitrogens with one attached hydrogen (secondary N) is 1. The minimum atomic E-state index is -0.0839. The second kappa shape index (κ2) is 4.23. The number of benzene rings is 1. The van der Waals surface area contributed by atoms with Gasteiger partial charge >= 0.3 is 0 Å². The van der Waals surface area contributed by atoms with Crippen molar-refractivity contribution >= 4 is 0 Å². The van der Waals surface area contributed by atoms with Crippen molar-refractivity contribution in [3.63, 3.8) is 0 Å². The summed E-state index contributed by atoms with van der Waals surface area (Å²) in [5, 5.41) is 9.22. The first-order chi connectivity index (χ1) is 7.70. The average Bonchev–Trinajstić information content (AvgIpc) is 2.30. The van der Waals surface area contributed by atoms with Gasteiger partial charge in [-0.2, -0.15) is 0 Å². The number of rotatable bonds is 2. The summed E-state index contributed by atoms with van der Waals surface area (Å²) in [7, 11) is 0. The molecule has 16 heavy (non-hydrogen) atoms. The van der Waals surface area contributed by atoms with Crippen LogP contribution in [0.3, 0.4) is 0 Å². The van der Waals surface area contributed by atoms with Crippen molar-refractivity contribution in [3.05, 3.63) is 52.4 Å². The summed E-state index contributed by atoms with van der Waals surface area (Å²) in [6.07, 6.45) is 0.770. The summed E-state index contributed by atoms with van der Waals surface area (Å²) < 4.78 is 0. The second-order valence-corrected chi connectivity index (χ2v) is 3.62. The SMILES string of the molecule is CCc1[nH]c(=O)ccc1-c1ccc(O)cc1. The molecular weight excluding hydrogens is 202 g/mol. The number of aromatic nitrogens is 1. The molecular formula is C13H13NO2. The van der Waals surface area contributed by atoms with Crippen molar-refractivity contribution in [3.8, 4) is 16.9 Å². The maximum Gasteiger partial charge on any atom is 0.248 e. The lowest BCUT2D eigenvalue weighted by Gasteiger charge is -2.07. The van der Waals surface area contributed by atoms with Crippen LogP contribution in [-0.2, 0) is 6.42 Å². The molecule has 3 nitrogen and oxygen atoms in total. The highest BCUT2D eigenvalue weighted by molar-refractivity contribution is 5.66. The predicted octanol–water partition coefficient (Wildman–Crippen LogP) is 2.31. The molecule has 0 aliphatic carbocycles. The van der Waals surface area contributed by atoms with E-state index < -0.39 is 0 Å². The Bertz CT molecular complexity index is 541. The highest BCUT2D eigenvalue weighted by atomic mass is 16.3. The third-order valence-corrected chi connectivity index (χ3v) is 2.53. The standard InChI is InChI=1S/C13H13NO2/c1-2-12-11(7-8-13(16)14-12)9-3-5-10(15)6-4-9/h3-8,15H,2H2,1H3,(H,14,16). The van der Waals surface area contributed by atoms with Crippen LogP contribution in [0, 0.1) is 0 Å². The van der Waals surface area contributed by atoms with E-state index in [1.54, 1.807) is 12.1 Å². The Morgan fingerprint density at radius 2 is 1.81 bits per heavy atom. The Morgan fingerprint density at radius 3 is 2.44 bits per heavy atom. The van der Waals surface area contributed by atoms with Crippen LogP contribution in [0.2, 0.25) is 0 Å². The minimum absolute atomic E-state index is 0.0839. The third-order valence-electron chi connectivity index (χ3n) is 2.53. The lowest BCUT2D eigenvalue weighted by Crippen LogP contribution is -2.07. The lowest BCUT2D eigenvalue weighted by molar-refractivity contribution is 0.475. The summed E-state index contributed by atoms with van der Waals surface area (Å²) in [5.41, 5.74) is 2.82. The molecule has 0 saturated heterocycles. The van der Waals surface area contributed by atoms with Gasteiger partial charge in [-0.25, -0.2) is 0 Å². The summed E-state index contributed by atoms with van der Waals surface area (Å²) in [4.78, 5) is 14.0. The number of aromatic amines is 1. The van der Waals surface area contributed by atoms with Gasteiger partial charge in [0.15, 0.2) is 0 Å². The van der Waals surface area contributed by atoms with E-state index in [-0.39, 0.29) is 11.3 Å². The first kappa shape index (κ1) is 10.5. The van der Waals surface area contributed by atoms with Crippen LogP contribution in [0.15, 0.2) is 41.2 Å². The predicted molar refractivity (Wildman–Crippen MR) is 63.5 cm³/mol. The Balaban J connectivity index is 2.55. The van der Waals surface area contributed by atoms with Gasteiger partial charge < -0.3 is 10.1 Å². The van der Waals surface area contributed by atoms with Crippen molar-refractivity contribution in [1.29, 1.82) is 0 Å². The molecule has 1 heterocycles. The summed E-state index contributed by atoms with van der Waals surface area (Å²) in [5.74, 6) is 0.242. The molecule has 0 saturated carbocycles. The molecule has 0 unspecified atom stereocenters.